The first kappa shape index (κ1) is 14.2. The molecule has 1 unspecified atom stereocenters. The van der Waals surface area contributed by atoms with E-state index in [9.17, 15) is 13.2 Å². The molecule has 2 aliphatic rings. The topological polar surface area (TPSA) is 0 Å². The molecular formula is C16H18ClF3. The van der Waals surface area contributed by atoms with Crippen molar-refractivity contribution in [3.05, 3.63) is 34.1 Å². The fourth-order valence-electron chi connectivity index (χ4n) is 3.82. The Morgan fingerprint density at radius 3 is 2.45 bits per heavy atom. The van der Waals surface area contributed by atoms with Crippen molar-refractivity contribution in [1.82, 2.24) is 0 Å². The van der Waals surface area contributed by atoms with Gasteiger partial charge in [-0.25, -0.2) is 13.2 Å². The van der Waals surface area contributed by atoms with Crippen LogP contribution in [-0.4, -0.2) is 0 Å². The zero-order valence-electron chi connectivity index (χ0n) is 11.4. The highest BCUT2D eigenvalue weighted by atomic mass is 35.5. The van der Waals surface area contributed by atoms with E-state index in [1.54, 1.807) is 6.07 Å². The van der Waals surface area contributed by atoms with Crippen molar-refractivity contribution >= 4 is 11.6 Å². The summed E-state index contributed by atoms with van der Waals surface area (Å²) in [7, 11) is 0. The highest BCUT2D eigenvalue weighted by molar-refractivity contribution is 6.30. The van der Waals surface area contributed by atoms with Gasteiger partial charge in [0.1, 0.15) is 0 Å². The molecule has 0 N–H and O–H groups in total. The second-order valence-electron chi connectivity index (χ2n) is 6.35. The third-order valence-corrected chi connectivity index (χ3v) is 5.34. The standard InChI is InChI=1S/C16H18ClF3/c1-9-2-4-10(5-3-9)12-8-11-6-7-13(17)15(18)14(11)16(12,19)20/h6-7,9-10,12H,2-5,8H2,1H3. The molecular weight excluding hydrogens is 285 g/mol. The Kier molecular flexibility index (Phi) is 3.52. The molecule has 0 spiro atoms. The summed E-state index contributed by atoms with van der Waals surface area (Å²) in [5.74, 6) is -4.17. The number of fused-ring (bicyclic) bond motifs is 1. The zero-order valence-corrected chi connectivity index (χ0v) is 12.2. The van der Waals surface area contributed by atoms with Gasteiger partial charge in [0.25, 0.3) is 5.92 Å². The van der Waals surface area contributed by atoms with Gasteiger partial charge in [-0.2, -0.15) is 0 Å². The fourth-order valence-corrected chi connectivity index (χ4v) is 3.98. The van der Waals surface area contributed by atoms with Crippen molar-refractivity contribution in [2.45, 2.75) is 45.0 Å². The van der Waals surface area contributed by atoms with Gasteiger partial charge in [0.05, 0.1) is 10.6 Å². The van der Waals surface area contributed by atoms with Gasteiger partial charge in [-0.05, 0) is 42.7 Å². The summed E-state index contributed by atoms with van der Waals surface area (Å²) in [5.41, 5.74) is -0.0193. The van der Waals surface area contributed by atoms with E-state index < -0.39 is 23.2 Å². The third kappa shape index (κ3) is 2.14. The van der Waals surface area contributed by atoms with Gasteiger partial charge < -0.3 is 0 Å². The van der Waals surface area contributed by atoms with Crippen LogP contribution in [0.5, 0.6) is 0 Å². The average molecular weight is 303 g/mol. The quantitative estimate of drug-likeness (QED) is 0.636. The van der Waals surface area contributed by atoms with Crippen LogP contribution in [-0.2, 0) is 12.3 Å². The highest BCUT2D eigenvalue weighted by Gasteiger charge is 2.53. The van der Waals surface area contributed by atoms with Crippen LogP contribution in [0.4, 0.5) is 13.2 Å². The van der Waals surface area contributed by atoms with E-state index >= 15 is 0 Å². The van der Waals surface area contributed by atoms with Crippen LogP contribution in [0.25, 0.3) is 0 Å². The van der Waals surface area contributed by atoms with Gasteiger partial charge >= 0.3 is 0 Å². The maximum atomic E-state index is 14.6. The normalized spacial score (nSPS) is 32.1. The Hall–Kier alpha value is -0.700. The van der Waals surface area contributed by atoms with Crippen molar-refractivity contribution in [3.8, 4) is 0 Å². The maximum absolute atomic E-state index is 14.6. The summed E-state index contributed by atoms with van der Waals surface area (Å²) in [4.78, 5) is 0. The highest BCUT2D eigenvalue weighted by Crippen LogP contribution is 2.53. The minimum Gasteiger partial charge on any atom is -0.205 e. The summed E-state index contributed by atoms with van der Waals surface area (Å²) >= 11 is 5.66. The average Bonchev–Trinajstić information content (AvgIpc) is 2.67. The zero-order chi connectivity index (χ0) is 14.5. The lowest BCUT2D eigenvalue weighted by Crippen LogP contribution is -2.31. The van der Waals surface area contributed by atoms with Gasteiger partial charge in [0.2, 0.25) is 0 Å². The molecule has 0 nitrogen and oxygen atoms in total. The minimum atomic E-state index is -3.09. The van der Waals surface area contributed by atoms with Crippen LogP contribution in [0.15, 0.2) is 12.1 Å². The number of rotatable bonds is 1. The molecule has 0 saturated heterocycles. The number of hydrogen-bond donors (Lipinski definition) is 0. The monoisotopic (exact) mass is 302 g/mol. The molecule has 3 rings (SSSR count). The van der Waals surface area contributed by atoms with Gasteiger partial charge in [0.15, 0.2) is 5.82 Å². The minimum absolute atomic E-state index is 0.00762. The van der Waals surface area contributed by atoms with Crippen LogP contribution in [0.2, 0.25) is 5.02 Å². The SMILES string of the molecule is CC1CCC(C2Cc3ccc(Cl)c(F)c3C2(F)F)CC1. The van der Waals surface area contributed by atoms with Crippen molar-refractivity contribution < 1.29 is 13.2 Å². The van der Waals surface area contributed by atoms with E-state index in [1.807, 2.05) is 0 Å². The predicted octanol–water partition coefficient (Wildman–Crippen LogP) is 5.57. The molecule has 1 fully saturated rings. The summed E-state index contributed by atoms with van der Waals surface area (Å²) in [6.07, 6.45) is 3.92. The van der Waals surface area contributed by atoms with E-state index in [2.05, 4.69) is 6.92 Å². The summed E-state index contributed by atoms with van der Waals surface area (Å²) in [6, 6.07) is 2.94. The predicted molar refractivity (Wildman–Crippen MR) is 73.6 cm³/mol. The second-order valence-corrected chi connectivity index (χ2v) is 6.76. The van der Waals surface area contributed by atoms with Crippen LogP contribution >= 0.6 is 11.6 Å². The first-order valence-corrected chi connectivity index (χ1v) is 7.64. The van der Waals surface area contributed by atoms with E-state index in [1.165, 1.54) is 6.07 Å². The molecule has 1 aromatic rings. The maximum Gasteiger partial charge on any atom is 0.279 e. The fraction of sp³-hybridized carbons (Fsp3) is 0.625. The molecule has 1 saturated carbocycles. The van der Waals surface area contributed by atoms with Crippen molar-refractivity contribution in [1.29, 1.82) is 0 Å². The van der Waals surface area contributed by atoms with E-state index in [-0.39, 0.29) is 17.4 Å². The van der Waals surface area contributed by atoms with Crippen LogP contribution < -0.4 is 0 Å². The van der Waals surface area contributed by atoms with Gasteiger partial charge in [-0.3, -0.25) is 0 Å². The second kappa shape index (κ2) is 4.94. The van der Waals surface area contributed by atoms with Crippen molar-refractivity contribution in [2.75, 3.05) is 0 Å². The molecule has 110 valence electrons. The first-order chi connectivity index (χ1) is 9.41. The summed E-state index contributed by atoms with van der Waals surface area (Å²) in [5, 5.41) is -0.207. The van der Waals surface area contributed by atoms with Gasteiger partial charge in [0, 0.05) is 5.92 Å². The molecule has 0 bridgehead atoms. The van der Waals surface area contributed by atoms with Gasteiger partial charge in [-0.1, -0.05) is 37.4 Å². The smallest absolute Gasteiger partial charge is 0.205 e. The molecule has 0 aliphatic heterocycles. The lowest BCUT2D eigenvalue weighted by molar-refractivity contribution is -0.0835. The van der Waals surface area contributed by atoms with Crippen LogP contribution in [0.1, 0.15) is 43.7 Å². The van der Waals surface area contributed by atoms with Crippen molar-refractivity contribution in [2.24, 2.45) is 17.8 Å². The van der Waals surface area contributed by atoms with E-state index in [0.717, 1.165) is 25.7 Å². The molecule has 0 amide bonds. The molecule has 0 heterocycles. The number of hydrogen-bond acceptors (Lipinski definition) is 0. The third-order valence-electron chi connectivity index (χ3n) is 5.05. The molecule has 2 aliphatic carbocycles. The Balaban J connectivity index is 1.92. The number of alkyl halides is 2. The summed E-state index contributed by atoms with van der Waals surface area (Å²) < 4.78 is 43.2. The van der Waals surface area contributed by atoms with Crippen LogP contribution in [0, 0.1) is 23.6 Å². The number of benzene rings is 1. The molecule has 4 heteroatoms. The van der Waals surface area contributed by atoms with Crippen LogP contribution in [0.3, 0.4) is 0 Å². The van der Waals surface area contributed by atoms with E-state index in [0.29, 0.717) is 11.5 Å². The van der Waals surface area contributed by atoms with Crippen molar-refractivity contribution in [3.63, 3.8) is 0 Å². The largest absolute Gasteiger partial charge is 0.279 e. The Morgan fingerprint density at radius 2 is 1.80 bits per heavy atom. The molecule has 0 radical (unpaired) electrons. The first-order valence-electron chi connectivity index (χ1n) is 7.26. The molecule has 20 heavy (non-hydrogen) atoms. The lowest BCUT2D eigenvalue weighted by atomic mass is 9.74. The molecule has 1 atom stereocenters. The Bertz CT molecular complexity index is 519. The Morgan fingerprint density at radius 1 is 1.15 bits per heavy atom. The summed E-state index contributed by atoms with van der Waals surface area (Å²) in [6.45, 7) is 2.16. The Labute approximate surface area is 122 Å². The number of halogens is 4. The molecule has 0 aromatic heterocycles. The molecule has 1 aromatic carbocycles. The van der Waals surface area contributed by atoms with Gasteiger partial charge in [-0.15, -0.1) is 0 Å². The van der Waals surface area contributed by atoms with E-state index in [4.69, 9.17) is 11.6 Å². The lowest BCUT2D eigenvalue weighted by Gasteiger charge is -2.33.